The summed E-state index contributed by atoms with van der Waals surface area (Å²) in [7, 11) is 0. The number of anilines is 1. The minimum atomic E-state index is -0.833. The number of para-hydroxylation sites is 1. The zero-order valence-electron chi connectivity index (χ0n) is 19.3. The number of imide groups is 1. The summed E-state index contributed by atoms with van der Waals surface area (Å²) in [6.07, 6.45) is 2.06. The van der Waals surface area contributed by atoms with Crippen LogP contribution < -0.4 is 16.2 Å². The maximum Gasteiger partial charge on any atom is 0.262 e. The summed E-state index contributed by atoms with van der Waals surface area (Å²) >= 11 is 0. The molecule has 0 radical (unpaired) electrons. The van der Waals surface area contributed by atoms with Crippen LogP contribution >= 0.6 is 0 Å². The van der Waals surface area contributed by atoms with Crippen LogP contribution in [0.3, 0.4) is 0 Å². The molecule has 2 unspecified atom stereocenters. The van der Waals surface area contributed by atoms with Crippen molar-refractivity contribution >= 4 is 34.3 Å². The van der Waals surface area contributed by atoms with E-state index < -0.39 is 23.6 Å². The average Bonchev–Trinajstić information content (AvgIpc) is 3.39. The number of nitrogens with one attached hydrogen (secondary N) is 2. The molecular formula is C24H22N8O4. The number of fused-ring (bicyclic) bond motifs is 1. The molecule has 36 heavy (non-hydrogen) atoms. The van der Waals surface area contributed by atoms with E-state index in [1.54, 1.807) is 25.1 Å². The summed E-state index contributed by atoms with van der Waals surface area (Å²) < 4.78 is 2.68. The highest BCUT2D eigenvalue weighted by Crippen LogP contribution is 2.25. The number of carbonyl (C=O) groups is 3. The number of benzene rings is 2. The molecule has 3 heterocycles. The number of carbonyl (C=O) groups excluding carboxylic acids is 3. The van der Waals surface area contributed by atoms with Gasteiger partial charge in [-0.25, -0.2) is 9.67 Å². The molecule has 12 heteroatoms. The molecule has 0 saturated carbocycles. The molecule has 3 amide bonds. The summed E-state index contributed by atoms with van der Waals surface area (Å²) in [5, 5.41) is 16.6. The molecule has 1 aliphatic rings. The molecule has 2 aromatic carbocycles. The van der Waals surface area contributed by atoms with Gasteiger partial charge in [-0.1, -0.05) is 36.4 Å². The number of aromatic nitrogens is 6. The Kier molecular flexibility index (Phi) is 6.07. The van der Waals surface area contributed by atoms with E-state index in [1.807, 2.05) is 30.3 Å². The minimum Gasteiger partial charge on any atom is -0.322 e. The van der Waals surface area contributed by atoms with E-state index in [9.17, 15) is 19.2 Å². The summed E-state index contributed by atoms with van der Waals surface area (Å²) in [5.74, 6) is -0.988. The van der Waals surface area contributed by atoms with Crippen LogP contribution in [-0.4, -0.2) is 47.5 Å². The van der Waals surface area contributed by atoms with Crippen molar-refractivity contribution in [3.8, 4) is 0 Å². The zero-order valence-corrected chi connectivity index (χ0v) is 19.3. The van der Waals surface area contributed by atoms with Crippen LogP contribution in [0.4, 0.5) is 5.69 Å². The van der Waals surface area contributed by atoms with Gasteiger partial charge in [-0.05, 0) is 41.5 Å². The molecule has 0 spiro atoms. The van der Waals surface area contributed by atoms with Crippen molar-refractivity contribution in [2.75, 3.05) is 5.32 Å². The molecule has 1 aliphatic heterocycles. The number of amides is 3. The largest absolute Gasteiger partial charge is 0.322 e. The Morgan fingerprint density at radius 3 is 2.67 bits per heavy atom. The summed E-state index contributed by atoms with van der Waals surface area (Å²) in [6, 6.07) is 12.8. The third-order valence-corrected chi connectivity index (χ3v) is 6.15. The average molecular weight is 486 g/mol. The van der Waals surface area contributed by atoms with Gasteiger partial charge in [0.1, 0.15) is 29.8 Å². The van der Waals surface area contributed by atoms with E-state index in [0.717, 1.165) is 5.56 Å². The number of piperidine rings is 1. The van der Waals surface area contributed by atoms with Gasteiger partial charge >= 0.3 is 0 Å². The van der Waals surface area contributed by atoms with Gasteiger partial charge < -0.3 is 5.32 Å². The van der Waals surface area contributed by atoms with Gasteiger partial charge in [-0.3, -0.25) is 29.1 Å². The van der Waals surface area contributed by atoms with Crippen molar-refractivity contribution in [2.45, 2.75) is 38.3 Å². The Labute approximate surface area is 204 Å². The molecule has 2 atom stereocenters. The van der Waals surface area contributed by atoms with Crippen LogP contribution in [0.25, 0.3) is 10.9 Å². The van der Waals surface area contributed by atoms with E-state index in [1.165, 1.54) is 15.6 Å². The lowest BCUT2D eigenvalue weighted by Crippen LogP contribution is -2.45. The van der Waals surface area contributed by atoms with E-state index in [4.69, 9.17) is 0 Å². The zero-order chi connectivity index (χ0) is 25.2. The van der Waals surface area contributed by atoms with Crippen molar-refractivity contribution in [1.29, 1.82) is 0 Å². The van der Waals surface area contributed by atoms with Crippen LogP contribution in [-0.2, 0) is 20.8 Å². The fourth-order valence-corrected chi connectivity index (χ4v) is 4.40. The lowest BCUT2D eigenvalue weighted by Gasteiger charge is -2.24. The molecule has 2 aromatic heterocycles. The second kappa shape index (κ2) is 9.49. The van der Waals surface area contributed by atoms with Gasteiger partial charge in [-0.15, -0.1) is 5.10 Å². The van der Waals surface area contributed by atoms with Crippen LogP contribution in [0, 0.1) is 6.92 Å². The quantitative estimate of drug-likeness (QED) is 0.384. The standard InChI is InChI=1S/C24H22N8O4/c1-14-26-21-16(24(36)32(14)18-10-11-20(33)28-22(18)34)8-5-9-17(21)27-23(35)19(31-13-25-29-30-31)12-15-6-3-2-4-7-15/h2-9,13,18-19H,10-12H2,1H3,(H,27,35)(H,28,33,34). The molecule has 0 aliphatic carbocycles. The highest BCUT2D eigenvalue weighted by molar-refractivity contribution is 6.02. The fraction of sp³-hybridized carbons (Fsp3) is 0.250. The first-order valence-corrected chi connectivity index (χ1v) is 11.3. The Balaban J connectivity index is 1.50. The normalized spacial score (nSPS) is 16.5. The summed E-state index contributed by atoms with van der Waals surface area (Å²) in [6.45, 7) is 1.61. The Bertz CT molecular complexity index is 1510. The van der Waals surface area contributed by atoms with Crippen molar-refractivity contribution in [2.24, 2.45) is 0 Å². The number of tetrazole rings is 1. The molecule has 4 aromatic rings. The van der Waals surface area contributed by atoms with Crippen molar-refractivity contribution < 1.29 is 14.4 Å². The monoisotopic (exact) mass is 486 g/mol. The van der Waals surface area contributed by atoms with Gasteiger partial charge in [0.15, 0.2) is 0 Å². The van der Waals surface area contributed by atoms with Gasteiger partial charge in [0.05, 0.1) is 11.1 Å². The van der Waals surface area contributed by atoms with Gasteiger partial charge in [0.2, 0.25) is 17.7 Å². The molecule has 2 N–H and O–H groups in total. The maximum absolute atomic E-state index is 13.4. The maximum atomic E-state index is 13.4. The van der Waals surface area contributed by atoms with Crippen molar-refractivity contribution in [3.05, 3.63) is 76.6 Å². The predicted molar refractivity (Wildman–Crippen MR) is 128 cm³/mol. The summed E-state index contributed by atoms with van der Waals surface area (Å²) in [5.41, 5.74) is 1.14. The van der Waals surface area contributed by atoms with E-state index in [0.29, 0.717) is 23.4 Å². The number of hydrogen-bond acceptors (Lipinski definition) is 8. The lowest BCUT2D eigenvalue weighted by atomic mass is 10.0. The number of aryl methyl sites for hydroxylation is 1. The second-order valence-corrected chi connectivity index (χ2v) is 8.49. The minimum absolute atomic E-state index is 0.135. The topological polar surface area (TPSA) is 154 Å². The van der Waals surface area contributed by atoms with E-state index >= 15 is 0 Å². The van der Waals surface area contributed by atoms with Crippen LogP contribution in [0.15, 0.2) is 59.7 Å². The van der Waals surface area contributed by atoms with E-state index in [-0.39, 0.29) is 30.0 Å². The Morgan fingerprint density at radius 1 is 1.14 bits per heavy atom. The first-order valence-electron chi connectivity index (χ1n) is 11.3. The highest BCUT2D eigenvalue weighted by atomic mass is 16.2. The third-order valence-electron chi connectivity index (χ3n) is 6.15. The number of hydrogen-bond donors (Lipinski definition) is 2. The predicted octanol–water partition coefficient (Wildman–Crippen LogP) is 1.09. The lowest BCUT2D eigenvalue weighted by molar-refractivity contribution is -0.135. The molecule has 12 nitrogen and oxygen atoms in total. The van der Waals surface area contributed by atoms with Crippen LogP contribution in [0.2, 0.25) is 0 Å². The smallest absolute Gasteiger partial charge is 0.262 e. The molecular weight excluding hydrogens is 464 g/mol. The number of rotatable bonds is 6. The molecule has 182 valence electrons. The second-order valence-electron chi connectivity index (χ2n) is 8.49. The van der Waals surface area contributed by atoms with Crippen LogP contribution in [0.1, 0.15) is 36.3 Å². The molecule has 0 bridgehead atoms. The molecule has 1 fully saturated rings. The number of nitrogens with zero attached hydrogens (tertiary/aromatic N) is 6. The fourth-order valence-electron chi connectivity index (χ4n) is 4.40. The first-order chi connectivity index (χ1) is 17.4. The van der Waals surface area contributed by atoms with Gasteiger partial charge in [-0.2, -0.15) is 0 Å². The SMILES string of the molecule is Cc1nc2c(NC(=O)C(Cc3ccccc3)n3cnnn3)cccc2c(=O)n1C1CCC(=O)NC1=O. The van der Waals surface area contributed by atoms with Crippen LogP contribution in [0.5, 0.6) is 0 Å². The van der Waals surface area contributed by atoms with Crippen molar-refractivity contribution in [3.63, 3.8) is 0 Å². The first kappa shape index (κ1) is 23.0. The Morgan fingerprint density at radius 2 is 1.94 bits per heavy atom. The highest BCUT2D eigenvalue weighted by Gasteiger charge is 2.31. The molecule has 1 saturated heterocycles. The Hall–Kier alpha value is -4.74. The molecule has 5 rings (SSSR count). The van der Waals surface area contributed by atoms with Gasteiger partial charge in [0, 0.05) is 12.8 Å². The third kappa shape index (κ3) is 4.35. The van der Waals surface area contributed by atoms with Crippen molar-refractivity contribution in [1.82, 2.24) is 35.1 Å². The van der Waals surface area contributed by atoms with Gasteiger partial charge in [0.25, 0.3) is 5.56 Å². The summed E-state index contributed by atoms with van der Waals surface area (Å²) in [4.78, 5) is 55.3. The van der Waals surface area contributed by atoms with E-state index in [2.05, 4.69) is 31.1 Å².